The van der Waals surface area contributed by atoms with E-state index < -0.39 is 115 Å². The fraction of sp³-hybridized carbons (Fsp3) is 0.625. The Bertz CT molecular complexity index is 2280. The molecule has 6 unspecified atom stereocenters. The predicted octanol–water partition coefficient (Wildman–Crippen LogP) is -1.54. The molecule has 3 saturated heterocycles. The summed E-state index contributed by atoms with van der Waals surface area (Å²) in [5.41, 5.74) is 1.49. The van der Waals surface area contributed by atoms with Gasteiger partial charge in [-0.1, -0.05) is 18.2 Å². The van der Waals surface area contributed by atoms with Gasteiger partial charge in [-0.05, 0) is 103 Å². The van der Waals surface area contributed by atoms with Crippen molar-refractivity contribution >= 4 is 95.1 Å². The number of aromatic nitrogens is 1. The van der Waals surface area contributed by atoms with Crippen LogP contribution in [0.5, 0.6) is 0 Å². The number of rotatable bonds is 14. The number of Topliss-reactive ketones (excluding diaryl/α,β-unsaturated/α-hetero) is 1. The highest BCUT2D eigenvalue weighted by Crippen LogP contribution is 2.22. The average molecular weight is 1040 g/mol. The number of fused-ring (bicyclic) bond motifs is 1. The second-order valence-electron chi connectivity index (χ2n) is 18.8. The van der Waals surface area contributed by atoms with E-state index in [1.807, 2.05) is 43.3 Å². The van der Waals surface area contributed by atoms with Crippen LogP contribution in [-0.2, 0) is 54.4 Å². The van der Waals surface area contributed by atoms with E-state index in [-0.39, 0.29) is 75.4 Å². The Hall–Kier alpha value is -5.72. The first-order valence-corrected chi connectivity index (χ1v) is 25.9. The zero-order valence-electron chi connectivity index (χ0n) is 41.2. The first-order chi connectivity index (χ1) is 34.4. The molecule has 22 nitrogen and oxygen atoms in total. The largest absolute Gasteiger partial charge is 0.387 e. The van der Waals surface area contributed by atoms with Crippen LogP contribution < -0.4 is 37.2 Å². The number of aromatic amines is 1. The molecule has 24 heteroatoms. The van der Waals surface area contributed by atoms with Crippen molar-refractivity contribution < 1.29 is 53.1 Å². The van der Waals surface area contributed by atoms with Crippen molar-refractivity contribution in [2.24, 2.45) is 0 Å². The number of aliphatic hydroxyl groups excluding tert-OH is 1. The molecule has 3 aliphatic rings. The summed E-state index contributed by atoms with van der Waals surface area (Å²) in [7, 11) is 3.79. The molecule has 0 radical (unpaired) electrons. The highest BCUT2D eigenvalue weighted by Gasteiger charge is 2.40. The normalized spacial score (nSPS) is 25.8. The second-order valence-corrected chi connectivity index (χ2v) is 19.6. The summed E-state index contributed by atoms with van der Waals surface area (Å²) in [5, 5.41) is 29.3. The SMILES string of the molecule is CC(=O)C1CCCN1C(=O)C1CC(=O)NC(CS)C(=O)NC(CCCCN(C)C)C(=O)NC(Cc2c[nH]c3ccccc23)C(=O)N[C@@H](CS)C(=O)NCCCC[C@H](NC(=O)C2CCCN2C(=O)CO)C(=O)N1. The Labute approximate surface area is 430 Å². The van der Waals surface area contributed by atoms with Gasteiger partial charge in [0.05, 0.1) is 12.5 Å². The van der Waals surface area contributed by atoms with Gasteiger partial charge in [0.25, 0.3) is 0 Å². The Morgan fingerprint density at radius 1 is 0.736 bits per heavy atom. The second kappa shape index (κ2) is 27.9. The van der Waals surface area contributed by atoms with E-state index >= 15 is 0 Å². The number of nitrogens with zero attached hydrogens (tertiary/aromatic N) is 3. The summed E-state index contributed by atoms with van der Waals surface area (Å²) < 4.78 is 0. The smallest absolute Gasteiger partial charge is 0.248 e. The number of hydrogen-bond acceptors (Lipinski definition) is 14. The lowest BCUT2D eigenvalue weighted by atomic mass is 10.0. The highest BCUT2D eigenvalue weighted by atomic mass is 32.1. The van der Waals surface area contributed by atoms with Crippen LogP contribution in [0, 0.1) is 0 Å². The number of hydrogen-bond donors (Lipinski definition) is 11. The summed E-state index contributed by atoms with van der Waals surface area (Å²) in [4.78, 5) is 146. The molecule has 4 heterocycles. The topological polar surface area (TPSA) is 301 Å². The molecule has 0 aliphatic carbocycles. The summed E-state index contributed by atoms with van der Waals surface area (Å²) in [6.45, 7) is 1.62. The molecule has 8 atom stereocenters. The van der Waals surface area contributed by atoms with Gasteiger partial charge in [0.1, 0.15) is 48.9 Å². The van der Waals surface area contributed by atoms with Crippen molar-refractivity contribution in [3.05, 3.63) is 36.0 Å². The number of benzene rings is 1. The number of thiol groups is 2. The number of unbranched alkanes of at least 4 members (excludes halogenated alkanes) is 1. The molecule has 72 heavy (non-hydrogen) atoms. The zero-order valence-corrected chi connectivity index (χ0v) is 43.0. The maximum atomic E-state index is 14.4. The fourth-order valence-electron chi connectivity index (χ4n) is 9.32. The van der Waals surface area contributed by atoms with Gasteiger partial charge < -0.3 is 62.0 Å². The molecule has 1 aromatic heterocycles. The van der Waals surface area contributed by atoms with Crippen LogP contribution in [0.2, 0.25) is 0 Å². The van der Waals surface area contributed by atoms with Crippen LogP contribution in [0.3, 0.4) is 0 Å². The van der Waals surface area contributed by atoms with E-state index in [0.29, 0.717) is 44.2 Å². The number of aliphatic hydroxyl groups is 1. The average Bonchev–Trinajstić information content (AvgIpc) is 4.15. The molecule has 5 rings (SSSR count). The third-order valence-corrected chi connectivity index (χ3v) is 14.0. The van der Waals surface area contributed by atoms with Gasteiger partial charge >= 0.3 is 0 Å². The van der Waals surface area contributed by atoms with Gasteiger partial charge in [-0.2, -0.15) is 25.3 Å². The number of para-hydroxylation sites is 1. The van der Waals surface area contributed by atoms with E-state index in [4.69, 9.17) is 0 Å². The van der Waals surface area contributed by atoms with Gasteiger partial charge in [-0.3, -0.25) is 47.9 Å². The van der Waals surface area contributed by atoms with Crippen LogP contribution in [0.4, 0.5) is 0 Å². The van der Waals surface area contributed by atoms with E-state index in [2.05, 4.69) is 67.5 Å². The number of H-pyrrole nitrogens is 1. The van der Waals surface area contributed by atoms with E-state index in [1.165, 1.54) is 16.7 Å². The van der Waals surface area contributed by atoms with Crippen LogP contribution in [0.15, 0.2) is 30.5 Å². The first-order valence-electron chi connectivity index (χ1n) is 24.7. The lowest BCUT2D eigenvalue weighted by Crippen LogP contribution is -2.60. The predicted molar refractivity (Wildman–Crippen MR) is 272 cm³/mol. The summed E-state index contributed by atoms with van der Waals surface area (Å²) in [6, 6.07) is -2.33. The molecule has 0 bridgehead atoms. The maximum absolute atomic E-state index is 14.4. The lowest BCUT2D eigenvalue weighted by Gasteiger charge is -2.30. The molecule has 1 aromatic carbocycles. The number of amides is 9. The monoisotopic (exact) mass is 1040 g/mol. The third-order valence-electron chi connectivity index (χ3n) is 13.2. The number of likely N-dealkylation sites (tertiary alicyclic amines) is 2. The lowest BCUT2D eigenvalue weighted by molar-refractivity contribution is -0.143. The molecule has 0 spiro atoms. The third kappa shape index (κ3) is 15.9. The molecule has 396 valence electrons. The van der Waals surface area contributed by atoms with Gasteiger partial charge in [0.2, 0.25) is 53.2 Å². The van der Waals surface area contributed by atoms with Crippen molar-refractivity contribution in [3.8, 4) is 0 Å². The molecule has 2 aromatic rings. The van der Waals surface area contributed by atoms with Crippen molar-refractivity contribution in [1.82, 2.24) is 56.9 Å². The summed E-state index contributed by atoms with van der Waals surface area (Å²) in [6.07, 6.45) is 4.26. The highest BCUT2D eigenvalue weighted by molar-refractivity contribution is 7.80. The number of nitrogens with one attached hydrogen (secondary N) is 8. The van der Waals surface area contributed by atoms with Gasteiger partial charge in [0.15, 0.2) is 5.78 Å². The standard InChI is InChI=1S/C48H71N11O11S2/c1-28(61)38-16-10-21-59(38)48(70)35-23-40(62)51-37(27-72)46(68)52-32(15-7-9-19-57(2)3)43(65)54-34(22-29-24-50-31-13-5-4-12-30(29)31)45(67)56-36(26-71)42(64)49-18-8-6-14-33(44(66)55-35)53-47(69)39-17-11-20-58(39)41(63)25-60/h4-5,12-13,24,32-39,50,60,71-72H,6-11,14-23,25-27H2,1-3H3,(H,49,64)(H,51,62)(H,52,68)(H,53,69)(H,54,65)(H,55,66)(H,56,67)/t32?,33-,34?,35?,36-,37?,38?,39?/m0/s1. The van der Waals surface area contributed by atoms with Gasteiger partial charge in [0, 0.05) is 54.7 Å². The minimum Gasteiger partial charge on any atom is -0.387 e. The summed E-state index contributed by atoms with van der Waals surface area (Å²) >= 11 is 8.70. The minimum atomic E-state index is -1.59. The van der Waals surface area contributed by atoms with Crippen molar-refractivity contribution in [2.75, 3.05) is 58.4 Å². The Kier molecular flexibility index (Phi) is 22.2. The molecule has 3 aliphatic heterocycles. The quantitative estimate of drug-likeness (QED) is 0.0759. The molecule has 3 fully saturated rings. The zero-order chi connectivity index (χ0) is 52.5. The molecule has 0 saturated carbocycles. The van der Waals surface area contributed by atoms with Gasteiger partial charge in [-0.25, -0.2) is 0 Å². The maximum Gasteiger partial charge on any atom is 0.248 e. The molecular weight excluding hydrogens is 971 g/mol. The van der Waals surface area contributed by atoms with E-state index in [0.717, 1.165) is 10.9 Å². The number of ketones is 1. The van der Waals surface area contributed by atoms with Crippen molar-refractivity contribution in [3.63, 3.8) is 0 Å². The van der Waals surface area contributed by atoms with E-state index in [1.54, 1.807) is 6.20 Å². The van der Waals surface area contributed by atoms with Crippen molar-refractivity contribution in [1.29, 1.82) is 0 Å². The van der Waals surface area contributed by atoms with Crippen LogP contribution in [0.25, 0.3) is 10.9 Å². The Morgan fingerprint density at radius 3 is 2.07 bits per heavy atom. The molecule has 9 N–H and O–H groups in total. The van der Waals surface area contributed by atoms with E-state index in [9.17, 15) is 53.1 Å². The number of carbonyl (C=O) groups excluding carboxylic acids is 10. The van der Waals surface area contributed by atoms with Crippen LogP contribution >= 0.6 is 25.3 Å². The molecular formula is C48H71N11O11S2. The number of carbonyl (C=O) groups is 10. The Morgan fingerprint density at radius 2 is 1.38 bits per heavy atom. The minimum absolute atomic E-state index is 0.00935. The molecule has 9 amide bonds. The van der Waals surface area contributed by atoms with Crippen LogP contribution in [-0.4, -0.2) is 190 Å². The van der Waals surface area contributed by atoms with Gasteiger partial charge in [-0.15, -0.1) is 0 Å². The van der Waals surface area contributed by atoms with Crippen molar-refractivity contribution in [2.45, 2.75) is 132 Å². The first kappa shape index (κ1) is 57.2. The Balaban J connectivity index is 1.48. The van der Waals surface area contributed by atoms with Crippen LogP contribution in [0.1, 0.15) is 83.1 Å². The summed E-state index contributed by atoms with van der Waals surface area (Å²) in [5.74, 6) is -7.28. The fourth-order valence-corrected chi connectivity index (χ4v) is 9.83.